The first-order chi connectivity index (χ1) is 14.0. The molecule has 0 spiro atoms. The van der Waals surface area contributed by atoms with Crippen molar-refractivity contribution in [2.75, 3.05) is 6.54 Å². The number of nitrogens with zero attached hydrogens (tertiary/aromatic N) is 5. The maximum atomic E-state index is 13.3. The quantitative estimate of drug-likeness (QED) is 0.557. The zero-order valence-electron chi connectivity index (χ0n) is 16.6. The molecule has 4 heterocycles. The van der Waals surface area contributed by atoms with E-state index in [-0.39, 0.29) is 17.3 Å². The lowest BCUT2D eigenvalue weighted by atomic mass is 10.1. The topological polar surface area (TPSA) is 78.8 Å². The highest BCUT2D eigenvalue weighted by Crippen LogP contribution is 2.37. The SMILES string of the molecule is Cn1ccc(C2NCCn3c(-c4ccccc4)c4c(=O)n(C)c(=O)n(C)c4c32)n1. The van der Waals surface area contributed by atoms with E-state index in [0.29, 0.717) is 17.4 Å². The van der Waals surface area contributed by atoms with E-state index in [2.05, 4.69) is 15.0 Å². The summed E-state index contributed by atoms with van der Waals surface area (Å²) in [6.45, 7) is 1.44. The average molecular weight is 390 g/mol. The number of aromatic nitrogens is 5. The molecule has 1 N–H and O–H groups in total. The number of hydrogen-bond donors (Lipinski definition) is 1. The highest BCUT2D eigenvalue weighted by atomic mass is 16.2. The van der Waals surface area contributed by atoms with Gasteiger partial charge in [-0.05, 0) is 11.6 Å². The van der Waals surface area contributed by atoms with Crippen LogP contribution in [-0.4, -0.2) is 30.0 Å². The van der Waals surface area contributed by atoms with E-state index in [1.165, 1.54) is 11.6 Å². The minimum Gasteiger partial charge on any atom is -0.339 e. The molecule has 8 nitrogen and oxygen atoms in total. The highest BCUT2D eigenvalue weighted by Gasteiger charge is 2.33. The summed E-state index contributed by atoms with van der Waals surface area (Å²) in [5, 5.41) is 8.68. The summed E-state index contributed by atoms with van der Waals surface area (Å²) in [6.07, 6.45) is 1.90. The van der Waals surface area contributed by atoms with Gasteiger partial charge in [0, 0.05) is 40.4 Å². The van der Waals surface area contributed by atoms with E-state index in [0.717, 1.165) is 29.2 Å². The minimum absolute atomic E-state index is 0.206. The van der Waals surface area contributed by atoms with Crippen molar-refractivity contribution in [3.8, 4) is 11.3 Å². The zero-order chi connectivity index (χ0) is 20.3. The third-order valence-electron chi connectivity index (χ3n) is 5.74. The van der Waals surface area contributed by atoms with E-state index in [1.54, 1.807) is 16.3 Å². The Hall–Kier alpha value is -3.39. The fourth-order valence-electron chi connectivity index (χ4n) is 4.41. The second-order valence-electron chi connectivity index (χ2n) is 7.48. The number of fused-ring (bicyclic) bond motifs is 3. The van der Waals surface area contributed by atoms with Crippen molar-refractivity contribution in [1.29, 1.82) is 0 Å². The van der Waals surface area contributed by atoms with Crippen LogP contribution in [0.1, 0.15) is 17.4 Å². The molecular formula is C21H22N6O2. The van der Waals surface area contributed by atoms with Gasteiger partial charge in [-0.1, -0.05) is 30.3 Å². The second-order valence-corrected chi connectivity index (χ2v) is 7.48. The lowest BCUT2D eigenvalue weighted by Crippen LogP contribution is -2.38. The van der Waals surface area contributed by atoms with Crippen molar-refractivity contribution in [1.82, 2.24) is 28.8 Å². The third kappa shape index (κ3) is 2.45. The Labute approximate surface area is 166 Å². The predicted octanol–water partition coefficient (Wildman–Crippen LogP) is 1.13. The molecule has 29 heavy (non-hydrogen) atoms. The summed E-state index contributed by atoms with van der Waals surface area (Å²) in [6, 6.07) is 11.7. The van der Waals surface area contributed by atoms with Gasteiger partial charge in [-0.25, -0.2) is 4.79 Å². The monoisotopic (exact) mass is 390 g/mol. The van der Waals surface area contributed by atoms with Gasteiger partial charge in [0.2, 0.25) is 0 Å². The molecule has 1 unspecified atom stereocenters. The Morgan fingerprint density at radius 2 is 1.79 bits per heavy atom. The normalized spacial score (nSPS) is 16.3. The van der Waals surface area contributed by atoms with Crippen LogP contribution in [-0.2, 0) is 27.7 Å². The van der Waals surface area contributed by atoms with Gasteiger partial charge in [0.1, 0.15) is 0 Å². The molecule has 4 aromatic rings. The first-order valence-electron chi connectivity index (χ1n) is 9.59. The van der Waals surface area contributed by atoms with Crippen LogP contribution in [0.15, 0.2) is 52.2 Å². The number of aryl methyl sites for hydroxylation is 2. The maximum absolute atomic E-state index is 13.3. The molecule has 0 saturated heterocycles. The van der Waals surface area contributed by atoms with E-state index in [4.69, 9.17) is 0 Å². The van der Waals surface area contributed by atoms with E-state index < -0.39 is 0 Å². The molecule has 3 aromatic heterocycles. The van der Waals surface area contributed by atoms with Crippen molar-refractivity contribution in [3.63, 3.8) is 0 Å². The molecule has 1 atom stereocenters. The lowest BCUT2D eigenvalue weighted by Gasteiger charge is -2.27. The maximum Gasteiger partial charge on any atom is 0.331 e. The Bertz CT molecular complexity index is 1360. The molecule has 0 aliphatic carbocycles. The van der Waals surface area contributed by atoms with Crippen LogP contribution in [0.2, 0.25) is 0 Å². The van der Waals surface area contributed by atoms with Gasteiger partial charge in [0.05, 0.1) is 34.0 Å². The summed E-state index contributed by atoms with van der Waals surface area (Å²) < 4.78 is 6.70. The number of hydrogen-bond acceptors (Lipinski definition) is 4. The van der Waals surface area contributed by atoms with Crippen molar-refractivity contribution in [2.24, 2.45) is 21.1 Å². The first kappa shape index (κ1) is 17.7. The number of nitrogens with one attached hydrogen (secondary N) is 1. The Morgan fingerprint density at radius 3 is 2.48 bits per heavy atom. The Morgan fingerprint density at radius 1 is 1.03 bits per heavy atom. The lowest BCUT2D eigenvalue weighted by molar-refractivity contribution is 0.461. The molecule has 0 bridgehead atoms. The van der Waals surface area contributed by atoms with Gasteiger partial charge in [0.25, 0.3) is 5.56 Å². The van der Waals surface area contributed by atoms with Crippen LogP contribution >= 0.6 is 0 Å². The molecule has 1 aliphatic rings. The summed E-state index contributed by atoms with van der Waals surface area (Å²) in [4.78, 5) is 26.0. The van der Waals surface area contributed by atoms with Crippen LogP contribution < -0.4 is 16.6 Å². The van der Waals surface area contributed by atoms with Crippen LogP contribution in [0.25, 0.3) is 22.2 Å². The smallest absolute Gasteiger partial charge is 0.331 e. The molecule has 5 rings (SSSR count). The third-order valence-corrected chi connectivity index (χ3v) is 5.74. The molecule has 148 valence electrons. The Kier molecular flexibility index (Phi) is 3.85. The fourth-order valence-corrected chi connectivity index (χ4v) is 4.41. The average Bonchev–Trinajstić information content (AvgIpc) is 3.32. The largest absolute Gasteiger partial charge is 0.339 e. The molecule has 8 heteroatoms. The zero-order valence-corrected chi connectivity index (χ0v) is 16.6. The standard InChI is InChI=1S/C21H22N6O2/c1-24-11-9-14(23-24)16-19-18-15(20(28)26(3)21(29)25(18)2)17(27(19)12-10-22-16)13-7-5-4-6-8-13/h4-9,11,16,22H,10,12H2,1-3H3. The summed E-state index contributed by atoms with van der Waals surface area (Å²) >= 11 is 0. The van der Waals surface area contributed by atoms with Gasteiger partial charge >= 0.3 is 5.69 Å². The van der Waals surface area contributed by atoms with E-state index >= 15 is 0 Å². The van der Waals surface area contributed by atoms with Crippen molar-refractivity contribution >= 4 is 10.9 Å². The van der Waals surface area contributed by atoms with Crippen LogP contribution in [0.3, 0.4) is 0 Å². The van der Waals surface area contributed by atoms with Crippen LogP contribution in [0, 0.1) is 0 Å². The molecule has 1 aliphatic heterocycles. The summed E-state index contributed by atoms with van der Waals surface area (Å²) in [7, 11) is 5.14. The number of benzene rings is 1. The first-order valence-corrected chi connectivity index (χ1v) is 9.59. The van der Waals surface area contributed by atoms with Gasteiger partial charge in [-0.3, -0.25) is 18.6 Å². The van der Waals surface area contributed by atoms with Gasteiger partial charge in [-0.15, -0.1) is 0 Å². The Balaban J connectivity index is 1.97. The molecule has 0 radical (unpaired) electrons. The molecule has 1 aromatic carbocycles. The van der Waals surface area contributed by atoms with E-state index in [1.807, 2.05) is 49.6 Å². The molecular weight excluding hydrogens is 368 g/mol. The molecule has 0 amide bonds. The molecule has 0 saturated carbocycles. The van der Waals surface area contributed by atoms with Crippen molar-refractivity contribution in [2.45, 2.75) is 12.6 Å². The van der Waals surface area contributed by atoms with Gasteiger partial charge in [-0.2, -0.15) is 5.10 Å². The number of rotatable bonds is 2. The highest BCUT2D eigenvalue weighted by molar-refractivity contribution is 5.96. The fraction of sp³-hybridized carbons (Fsp3) is 0.286. The van der Waals surface area contributed by atoms with Crippen molar-refractivity contribution in [3.05, 3.63) is 74.8 Å². The van der Waals surface area contributed by atoms with Gasteiger partial charge < -0.3 is 9.88 Å². The van der Waals surface area contributed by atoms with Crippen LogP contribution in [0.5, 0.6) is 0 Å². The van der Waals surface area contributed by atoms with E-state index in [9.17, 15) is 9.59 Å². The predicted molar refractivity (Wildman–Crippen MR) is 111 cm³/mol. The summed E-state index contributed by atoms with van der Waals surface area (Å²) in [5.74, 6) is 0. The second kappa shape index (κ2) is 6.31. The van der Waals surface area contributed by atoms with Crippen LogP contribution in [0.4, 0.5) is 0 Å². The minimum atomic E-state index is -0.333. The summed E-state index contributed by atoms with van der Waals surface area (Å²) in [5.41, 5.74) is 3.64. The molecule has 0 fully saturated rings. The van der Waals surface area contributed by atoms with Crippen molar-refractivity contribution < 1.29 is 0 Å². The van der Waals surface area contributed by atoms with Gasteiger partial charge in [0.15, 0.2) is 0 Å².